The Morgan fingerprint density at radius 1 is 1.23 bits per heavy atom. The summed E-state index contributed by atoms with van der Waals surface area (Å²) in [6, 6.07) is 8.68. The first-order valence-electron chi connectivity index (χ1n) is 9.61. The molecule has 1 N–H and O–H groups in total. The van der Waals surface area contributed by atoms with E-state index in [-0.39, 0.29) is 6.09 Å². The second kappa shape index (κ2) is 9.26. The Labute approximate surface area is 158 Å². The summed E-state index contributed by atoms with van der Waals surface area (Å²) < 4.78 is 10.7. The van der Waals surface area contributed by atoms with E-state index >= 15 is 0 Å². The predicted octanol–water partition coefficient (Wildman–Crippen LogP) is 3.86. The van der Waals surface area contributed by atoms with E-state index in [4.69, 9.17) is 9.47 Å². The lowest BCUT2D eigenvalue weighted by molar-refractivity contribution is 0.0183. The standard InChI is InChI=1S/C21H34N2O3/c1-16(14-17-6-8-19(25-5)9-7-17)22-15-18-10-12-23(13-11-18)20(24)26-21(2,3)4/h6-9,16,18,22H,10-15H2,1-5H3. The van der Waals surface area contributed by atoms with Crippen LogP contribution in [-0.2, 0) is 11.2 Å². The summed E-state index contributed by atoms with van der Waals surface area (Å²) in [4.78, 5) is 14.0. The van der Waals surface area contributed by atoms with Gasteiger partial charge < -0.3 is 19.7 Å². The number of likely N-dealkylation sites (tertiary alicyclic amines) is 1. The van der Waals surface area contributed by atoms with Crippen molar-refractivity contribution in [1.29, 1.82) is 0 Å². The summed E-state index contributed by atoms with van der Waals surface area (Å²) in [5, 5.41) is 3.65. The molecule has 1 heterocycles. The lowest BCUT2D eigenvalue weighted by Gasteiger charge is -2.34. The molecule has 5 nitrogen and oxygen atoms in total. The molecule has 1 saturated heterocycles. The van der Waals surface area contributed by atoms with Gasteiger partial charge in [-0.15, -0.1) is 0 Å². The van der Waals surface area contributed by atoms with Gasteiger partial charge in [0.15, 0.2) is 0 Å². The van der Waals surface area contributed by atoms with Crippen molar-refractivity contribution in [3.05, 3.63) is 29.8 Å². The number of carbonyl (C=O) groups is 1. The molecule has 2 rings (SSSR count). The molecule has 0 aliphatic carbocycles. The highest BCUT2D eigenvalue weighted by molar-refractivity contribution is 5.68. The summed E-state index contributed by atoms with van der Waals surface area (Å²) in [6.07, 6.45) is 2.88. The van der Waals surface area contributed by atoms with Crippen LogP contribution in [0, 0.1) is 5.92 Å². The van der Waals surface area contributed by atoms with Gasteiger partial charge in [0.1, 0.15) is 11.4 Å². The first kappa shape index (κ1) is 20.6. The Morgan fingerprint density at radius 3 is 2.38 bits per heavy atom. The van der Waals surface area contributed by atoms with Crippen LogP contribution >= 0.6 is 0 Å². The number of piperidine rings is 1. The highest BCUT2D eigenvalue weighted by Crippen LogP contribution is 2.19. The third-order valence-corrected chi connectivity index (χ3v) is 4.72. The molecule has 0 bridgehead atoms. The van der Waals surface area contributed by atoms with Gasteiger partial charge in [0.2, 0.25) is 0 Å². The van der Waals surface area contributed by atoms with Crippen molar-refractivity contribution < 1.29 is 14.3 Å². The summed E-state index contributed by atoms with van der Waals surface area (Å²) in [5.41, 5.74) is 0.886. The number of methoxy groups -OCH3 is 1. The molecule has 1 aromatic carbocycles. The minimum Gasteiger partial charge on any atom is -0.497 e. The normalized spacial score (nSPS) is 17.0. The van der Waals surface area contributed by atoms with E-state index in [1.54, 1.807) is 7.11 Å². The van der Waals surface area contributed by atoms with Crippen LogP contribution < -0.4 is 10.1 Å². The van der Waals surface area contributed by atoms with Gasteiger partial charge in [-0.05, 0) is 77.1 Å². The zero-order valence-electron chi connectivity index (χ0n) is 16.9. The molecule has 1 aliphatic rings. The number of benzene rings is 1. The third kappa shape index (κ3) is 6.87. The van der Waals surface area contributed by atoms with E-state index in [2.05, 4.69) is 24.4 Å². The number of amides is 1. The van der Waals surface area contributed by atoms with Crippen LogP contribution in [0.3, 0.4) is 0 Å². The molecule has 26 heavy (non-hydrogen) atoms. The number of hydrogen-bond donors (Lipinski definition) is 1. The van der Waals surface area contributed by atoms with Crippen LogP contribution in [-0.4, -0.2) is 49.4 Å². The molecule has 146 valence electrons. The van der Waals surface area contributed by atoms with Crippen LogP contribution in [0.25, 0.3) is 0 Å². The van der Waals surface area contributed by atoms with Gasteiger partial charge in [-0.25, -0.2) is 4.79 Å². The quantitative estimate of drug-likeness (QED) is 0.835. The number of nitrogens with one attached hydrogen (secondary N) is 1. The highest BCUT2D eigenvalue weighted by Gasteiger charge is 2.26. The van der Waals surface area contributed by atoms with E-state index in [9.17, 15) is 4.79 Å². The summed E-state index contributed by atoms with van der Waals surface area (Å²) in [5.74, 6) is 1.51. The minimum absolute atomic E-state index is 0.184. The van der Waals surface area contributed by atoms with Gasteiger partial charge >= 0.3 is 6.09 Å². The molecule has 0 saturated carbocycles. The molecular formula is C21H34N2O3. The summed E-state index contributed by atoms with van der Waals surface area (Å²) >= 11 is 0. The Bertz CT molecular complexity index is 558. The maximum atomic E-state index is 12.1. The van der Waals surface area contributed by atoms with Gasteiger partial charge in [0.05, 0.1) is 7.11 Å². The number of rotatable bonds is 6. The van der Waals surface area contributed by atoms with Crippen LogP contribution in [0.5, 0.6) is 5.75 Å². The lowest BCUT2D eigenvalue weighted by atomic mass is 9.96. The molecule has 5 heteroatoms. The van der Waals surface area contributed by atoms with E-state index < -0.39 is 5.60 Å². The Kier molecular flexibility index (Phi) is 7.33. The maximum Gasteiger partial charge on any atom is 0.410 e. The minimum atomic E-state index is -0.424. The van der Waals surface area contributed by atoms with Gasteiger partial charge in [-0.1, -0.05) is 12.1 Å². The number of nitrogens with zero attached hydrogens (tertiary/aromatic N) is 1. The van der Waals surface area contributed by atoms with Crippen LogP contribution in [0.4, 0.5) is 4.79 Å². The van der Waals surface area contributed by atoms with Gasteiger partial charge in [-0.2, -0.15) is 0 Å². The molecule has 1 aromatic rings. The fourth-order valence-electron chi connectivity index (χ4n) is 3.20. The Morgan fingerprint density at radius 2 is 1.85 bits per heavy atom. The van der Waals surface area contributed by atoms with Gasteiger partial charge in [-0.3, -0.25) is 0 Å². The lowest BCUT2D eigenvalue weighted by Crippen LogP contribution is -2.44. The second-order valence-electron chi connectivity index (χ2n) is 8.27. The van der Waals surface area contributed by atoms with Crippen molar-refractivity contribution in [2.75, 3.05) is 26.7 Å². The van der Waals surface area contributed by atoms with E-state index in [0.29, 0.717) is 12.0 Å². The molecular weight excluding hydrogens is 328 g/mol. The second-order valence-corrected chi connectivity index (χ2v) is 8.27. The zero-order valence-corrected chi connectivity index (χ0v) is 16.9. The molecule has 1 unspecified atom stereocenters. The largest absolute Gasteiger partial charge is 0.497 e. The number of ether oxygens (including phenoxy) is 2. The van der Waals surface area contributed by atoms with E-state index in [0.717, 1.165) is 44.6 Å². The van der Waals surface area contributed by atoms with Crippen molar-refractivity contribution in [2.45, 2.75) is 58.6 Å². The highest BCUT2D eigenvalue weighted by atomic mass is 16.6. The average molecular weight is 363 g/mol. The molecule has 1 amide bonds. The van der Waals surface area contributed by atoms with E-state index in [1.807, 2.05) is 37.8 Å². The van der Waals surface area contributed by atoms with Gasteiger partial charge in [0.25, 0.3) is 0 Å². The number of carbonyl (C=O) groups excluding carboxylic acids is 1. The van der Waals surface area contributed by atoms with E-state index in [1.165, 1.54) is 5.56 Å². The SMILES string of the molecule is COc1ccc(CC(C)NCC2CCN(C(=O)OC(C)(C)C)CC2)cc1. The van der Waals surface area contributed by atoms with Gasteiger partial charge in [0, 0.05) is 19.1 Å². The maximum absolute atomic E-state index is 12.1. The first-order chi connectivity index (χ1) is 12.3. The topological polar surface area (TPSA) is 50.8 Å². The summed E-state index contributed by atoms with van der Waals surface area (Å²) in [7, 11) is 1.69. The van der Waals surface area contributed by atoms with Crippen molar-refractivity contribution in [3.8, 4) is 5.75 Å². The predicted molar refractivity (Wildman–Crippen MR) is 105 cm³/mol. The third-order valence-electron chi connectivity index (χ3n) is 4.72. The van der Waals surface area contributed by atoms with Crippen molar-refractivity contribution in [3.63, 3.8) is 0 Å². The molecule has 0 radical (unpaired) electrons. The molecule has 0 aromatic heterocycles. The van der Waals surface area contributed by atoms with Crippen molar-refractivity contribution >= 4 is 6.09 Å². The zero-order chi connectivity index (χ0) is 19.2. The van der Waals surface area contributed by atoms with Crippen LogP contribution in [0.2, 0.25) is 0 Å². The molecule has 0 spiro atoms. The molecule has 1 aliphatic heterocycles. The monoisotopic (exact) mass is 362 g/mol. The molecule has 1 fully saturated rings. The fraction of sp³-hybridized carbons (Fsp3) is 0.667. The Hall–Kier alpha value is -1.75. The summed E-state index contributed by atoms with van der Waals surface area (Å²) in [6.45, 7) is 10.5. The first-order valence-corrected chi connectivity index (χ1v) is 9.61. The van der Waals surface area contributed by atoms with Crippen molar-refractivity contribution in [1.82, 2.24) is 10.2 Å². The van der Waals surface area contributed by atoms with Crippen molar-refractivity contribution in [2.24, 2.45) is 5.92 Å². The Balaban J connectivity index is 1.68. The fourth-order valence-corrected chi connectivity index (χ4v) is 3.20. The average Bonchev–Trinajstić information content (AvgIpc) is 2.59. The number of hydrogen-bond acceptors (Lipinski definition) is 4. The van der Waals surface area contributed by atoms with Crippen LogP contribution in [0.15, 0.2) is 24.3 Å². The van der Waals surface area contributed by atoms with Crippen LogP contribution in [0.1, 0.15) is 46.1 Å². The smallest absolute Gasteiger partial charge is 0.410 e. The molecule has 1 atom stereocenters.